The molecule has 1 atom stereocenters. The van der Waals surface area contributed by atoms with Crippen molar-refractivity contribution in [2.45, 2.75) is 12.3 Å². The van der Waals surface area contributed by atoms with Crippen LogP contribution in [0, 0.1) is 5.82 Å². The lowest BCUT2D eigenvalue weighted by atomic mass is 10.2. The van der Waals surface area contributed by atoms with E-state index in [1.54, 1.807) is 24.3 Å². The number of imide groups is 1. The summed E-state index contributed by atoms with van der Waals surface area (Å²) < 4.78 is 18.4. The van der Waals surface area contributed by atoms with Gasteiger partial charge in [-0.2, -0.15) is 0 Å². The zero-order valence-corrected chi connectivity index (χ0v) is 13.7. The Bertz CT molecular complexity index is 749. The molecule has 0 bridgehead atoms. The Morgan fingerprint density at radius 3 is 2.42 bits per heavy atom. The summed E-state index contributed by atoms with van der Waals surface area (Å²) in [4.78, 5) is 25.7. The first-order valence-corrected chi connectivity index (χ1v) is 8.26. The summed E-state index contributed by atoms with van der Waals surface area (Å²) >= 11 is 0.891. The number of anilines is 2. The molecule has 2 amide bonds. The van der Waals surface area contributed by atoms with E-state index in [0.717, 1.165) is 22.4 Å². The summed E-state index contributed by atoms with van der Waals surface area (Å²) in [6, 6.07) is 12.4. The van der Waals surface area contributed by atoms with Gasteiger partial charge < -0.3 is 10.1 Å². The Balaban J connectivity index is 1.72. The molecule has 0 saturated carbocycles. The van der Waals surface area contributed by atoms with Gasteiger partial charge in [0.05, 0.1) is 12.3 Å². The number of carbonyl (C=O) groups excluding carboxylic acids is 2. The van der Waals surface area contributed by atoms with Crippen LogP contribution < -0.4 is 15.0 Å². The highest BCUT2D eigenvalue weighted by molar-refractivity contribution is 8.16. The number of hydrogen-bond donors (Lipinski definition) is 1. The van der Waals surface area contributed by atoms with E-state index in [2.05, 4.69) is 5.32 Å². The molecule has 1 saturated heterocycles. The lowest BCUT2D eigenvalue weighted by Crippen LogP contribution is -2.34. The van der Waals surface area contributed by atoms with Gasteiger partial charge in [0.25, 0.3) is 11.1 Å². The molecule has 7 heteroatoms. The summed E-state index contributed by atoms with van der Waals surface area (Å²) in [5, 5.41) is 1.91. The van der Waals surface area contributed by atoms with Crippen LogP contribution in [-0.2, 0) is 4.79 Å². The largest absolute Gasteiger partial charge is 0.494 e. The molecule has 1 heterocycles. The van der Waals surface area contributed by atoms with Crippen molar-refractivity contribution in [2.24, 2.45) is 0 Å². The van der Waals surface area contributed by atoms with Crippen molar-refractivity contribution < 1.29 is 18.7 Å². The Labute approximate surface area is 142 Å². The second-order valence-electron chi connectivity index (χ2n) is 5.02. The fourth-order valence-electron chi connectivity index (χ4n) is 2.29. The first kappa shape index (κ1) is 16.3. The number of rotatable bonds is 5. The summed E-state index contributed by atoms with van der Waals surface area (Å²) in [6.07, 6.45) is 0. The maximum Gasteiger partial charge on any atom is 0.295 e. The van der Waals surface area contributed by atoms with Crippen LogP contribution in [-0.4, -0.2) is 23.1 Å². The molecule has 0 radical (unpaired) electrons. The second kappa shape index (κ2) is 6.92. The van der Waals surface area contributed by atoms with Crippen LogP contribution in [0.25, 0.3) is 0 Å². The molecule has 0 aliphatic carbocycles. The molecular weight excluding hydrogens is 331 g/mol. The van der Waals surface area contributed by atoms with E-state index in [1.165, 1.54) is 24.3 Å². The third-order valence-electron chi connectivity index (χ3n) is 3.39. The highest BCUT2D eigenvalue weighted by Gasteiger charge is 2.40. The molecule has 2 aromatic rings. The van der Waals surface area contributed by atoms with Crippen LogP contribution in [0.4, 0.5) is 20.6 Å². The molecule has 1 aliphatic heterocycles. The molecular formula is C17H15FN2O3S. The van der Waals surface area contributed by atoms with Gasteiger partial charge >= 0.3 is 0 Å². The minimum absolute atomic E-state index is 0.356. The fourth-order valence-corrected chi connectivity index (χ4v) is 3.19. The summed E-state index contributed by atoms with van der Waals surface area (Å²) in [7, 11) is 0. The van der Waals surface area contributed by atoms with Crippen LogP contribution in [0.2, 0.25) is 0 Å². The van der Waals surface area contributed by atoms with Crippen LogP contribution in [0.15, 0.2) is 48.5 Å². The average molecular weight is 346 g/mol. The maximum atomic E-state index is 13.0. The Hall–Kier alpha value is -2.54. The fraction of sp³-hybridized carbons (Fsp3) is 0.176. The minimum atomic E-state index is -0.722. The molecule has 3 rings (SSSR count). The first-order chi connectivity index (χ1) is 11.6. The third kappa shape index (κ3) is 3.35. The quantitative estimate of drug-likeness (QED) is 0.891. The molecule has 1 fully saturated rings. The lowest BCUT2D eigenvalue weighted by molar-refractivity contribution is -0.116. The predicted molar refractivity (Wildman–Crippen MR) is 91.9 cm³/mol. The number of benzene rings is 2. The van der Waals surface area contributed by atoms with E-state index in [9.17, 15) is 14.0 Å². The number of hydrogen-bond acceptors (Lipinski definition) is 5. The summed E-state index contributed by atoms with van der Waals surface area (Å²) in [5.41, 5.74) is 1.06. The monoisotopic (exact) mass is 346 g/mol. The van der Waals surface area contributed by atoms with Crippen molar-refractivity contribution >= 4 is 34.3 Å². The number of amides is 2. The van der Waals surface area contributed by atoms with Crippen molar-refractivity contribution in [3.63, 3.8) is 0 Å². The number of thioether (sulfide) groups is 1. The molecule has 24 heavy (non-hydrogen) atoms. The molecule has 0 spiro atoms. The normalized spacial score (nSPS) is 17.2. The van der Waals surface area contributed by atoms with Gasteiger partial charge in [0.2, 0.25) is 0 Å². The van der Waals surface area contributed by atoms with Crippen molar-refractivity contribution in [2.75, 3.05) is 16.8 Å². The van der Waals surface area contributed by atoms with Gasteiger partial charge in [-0.1, -0.05) is 0 Å². The van der Waals surface area contributed by atoms with Gasteiger partial charge in [0.15, 0.2) is 5.37 Å². The van der Waals surface area contributed by atoms with Crippen molar-refractivity contribution in [1.29, 1.82) is 0 Å². The van der Waals surface area contributed by atoms with Gasteiger partial charge in [-0.05, 0) is 67.2 Å². The second-order valence-corrected chi connectivity index (χ2v) is 6.07. The first-order valence-electron chi connectivity index (χ1n) is 7.38. The van der Waals surface area contributed by atoms with Crippen molar-refractivity contribution in [3.8, 4) is 5.75 Å². The van der Waals surface area contributed by atoms with E-state index >= 15 is 0 Å². The van der Waals surface area contributed by atoms with Gasteiger partial charge in [-0.15, -0.1) is 0 Å². The standard InChI is InChI=1S/C17H15FN2O3S/c1-2-23-14-9-5-12(6-10-14)19-15-16(21)20(17(22)24-15)13-7-3-11(18)4-8-13/h3-10,15,19H,2H2,1H3. The van der Waals surface area contributed by atoms with Gasteiger partial charge in [-0.25, -0.2) is 9.29 Å². The summed E-state index contributed by atoms with van der Waals surface area (Å²) in [5.74, 6) is -0.0717. The maximum absolute atomic E-state index is 13.0. The molecule has 5 nitrogen and oxygen atoms in total. The molecule has 0 aromatic heterocycles. The number of ether oxygens (including phenoxy) is 1. The Kier molecular flexibility index (Phi) is 4.71. The summed E-state index contributed by atoms with van der Waals surface area (Å²) in [6.45, 7) is 2.47. The minimum Gasteiger partial charge on any atom is -0.494 e. The zero-order chi connectivity index (χ0) is 17.1. The topological polar surface area (TPSA) is 58.6 Å². The van der Waals surface area contributed by atoms with Crippen LogP contribution >= 0.6 is 11.8 Å². The van der Waals surface area contributed by atoms with E-state index in [1.807, 2.05) is 6.92 Å². The number of nitrogens with zero attached hydrogens (tertiary/aromatic N) is 1. The SMILES string of the molecule is CCOc1ccc(NC2SC(=O)N(c3ccc(F)cc3)C2=O)cc1. The van der Waals surface area contributed by atoms with Crippen molar-refractivity contribution in [1.82, 2.24) is 0 Å². The molecule has 1 N–H and O–H groups in total. The molecule has 124 valence electrons. The smallest absolute Gasteiger partial charge is 0.295 e. The number of carbonyl (C=O) groups is 2. The van der Waals surface area contributed by atoms with Gasteiger partial charge in [0.1, 0.15) is 11.6 Å². The van der Waals surface area contributed by atoms with E-state index in [-0.39, 0.29) is 5.91 Å². The van der Waals surface area contributed by atoms with Crippen LogP contribution in [0.1, 0.15) is 6.92 Å². The Morgan fingerprint density at radius 2 is 1.79 bits per heavy atom. The number of nitrogens with one attached hydrogen (secondary N) is 1. The Morgan fingerprint density at radius 1 is 1.12 bits per heavy atom. The van der Waals surface area contributed by atoms with Gasteiger partial charge in [0, 0.05) is 5.69 Å². The zero-order valence-electron chi connectivity index (χ0n) is 12.9. The van der Waals surface area contributed by atoms with E-state index in [0.29, 0.717) is 18.0 Å². The third-order valence-corrected chi connectivity index (χ3v) is 4.33. The van der Waals surface area contributed by atoms with Crippen molar-refractivity contribution in [3.05, 3.63) is 54.3 Å². The van der Waals surface area contributed by atoms with Crippen LogP contribution in [0.3, 0.4) is 0 Å². The van der Waals surface area contributed by atoms with E-state index < -0.39 is 16.4 Å². The molecule has 2 aromatic carbocycles. The average Bonchev–Trinajstić information content (AvgIpc) is 2.85. The highest BCUT2D eigenvalue weighted by atomic mass is 32.2. The lowest BCUT2D eigenvalue weighted by Gasteiger charge is -2.15. The highest BCUT2D eigenvalue weighted by Crippen LogP contribution is 2.32. The van der Waals surface area contributed by atoms with Crippen LogP contribution in [0.5, 0.6) is 5.75 Å². The van der Waals surface area contributed by atoms with E-state index in [4.69, 9.17) is 4.74 Å². The molecule has 1 aliphatic rings. The number of halogens is 1. The van der Waals surface area contributed by atoms with Gasteiger partial charge in [-0.3, -0.25) is 9.59 Å². The predicted octanol–water partition coefficient (Wildman–Crippen LogP) is 3.86. The molecule has 1 unspecified atom stereocenters.